The van der Waals surface area contributed by atoms with Crippen LogP contribution in [0.15, 0.2) is 5.16 Å². The molecule has 0 aromatic carbocycles. The van der Waals surface area contributed by atoms with Crippen molar-refractivity contribution >= 4 is 29.4 Å². The molecule has 1 rings (SSSR count). The number of hydrogen-bond acceptors (Lipinski definition) is 6. The molecule has 146 valence electrons. The zero-order chi connectivity index (χ0) is 19.9. The lowest BCUT2D eigenvalue weighted by Gasteiger charge is -2.19. The van der Waals surface area contributed by atoms with Gasteiger partial charge in [-0.15, -0.1) is 10.2 Å². The van der Waals surface area contributed by atoms with Crippen LogP contribution in [0.2, 0.25) is 0 Å². The molecule has 0 radical (unpaired) electrons. The Balaban J connectivity index is 2.77. The van der Waals surface area contributed by atoms with Crippen molar-refractivity contribution in [3.05, 3.63) is 5.82 Å². The highest BCUT2D eigenvalue weighted by molar-refractivity contribution is 7.99. The second kappa shape index (κ2) is 10.3. The van der Waals surface area contributed by atoms with Crippen molar-refractivity contribution < 1.29 is 14.4 Å². The van der Waals surface area contributed by atoms with Gasteiger partial charge in [-0.05, 0) is 18.8 Å². The van der Waals surface area contributed by atoms with Gasteiger partial charge in [-0.25, -0.2) is 0 Å². The van der Waals surface area contributed by atoms with Gasteiger partial charge in [-0.2, -0.15) is 0 Å². The number of ketones is 1. The predicted molar refractivity (Wildman–Crippen MR) is 101 cm³/mol. The molecule has 0 fully saturated rings. The lowest BCUT2D eigenvalue weighted by atomic mass is 10.0. The van der Waals surface area contributed by atoms with Crippen LogP contribution in [0.4, 0.5) is 0 Å². The third kappa shape index (κ3) is 7.15. The molecule has 0 aliphatic heterocycles. The molecule has 26 heavy (non-hydrogen) atoms. The van der Waals surface area contributed by atoms with Crippen LogP contribution in [0.3, 0.4) is 0 Å². The van der Waals surface area contributed by atoms with Crippen LogP contribution in [0.1, 0.15) is 46.9 Å². The predicted octanol–water partition coefficient (Wildman–Crippen LogP) is 1.17. The number of aromatic nitrogens is 3. The lowest BCUT2D eigenvalue weighted by molar-refractivity contribution is -0.126. The Bertz CT molecular complexity index is 642. The van der Waals surface area contributed by atoms with Gasteiger partial charge in [0.05, 0.1) is 11.8 Å². The van der Waals surface area contributed by atoms with Crippen molar-refractivity contribution in [2.45, 2.75) is 65.2 Å². The van der Waals surface area contributed by atoms with E-state index in [0.717, 1.165) is 0 Å². The van der Waals surface area contributed by atoms with E-state index in [1.54, 1.807) is 0 Å². The molecule has 0 saturated heterocycles. The molecule has 2 amide bonds. The summed E-state index contributed by atoms with van der Waals surface area (Å²) < 4.78 is 1.93. The largest absolute Gasteiger partial charge is 0.370 e. The first-order chi connectivity index (χ1) is 12.1. The molecule has 0 spiro atoms. The minimum Gasteiger partial charge on any atom is -0.370 e. The fourth-order valence-corrected chi connectivity index (χ4v) is 3.25. The summed E-state index contributed by atoms with van der Waals surface area (Å²) in [5.41, 5.74) is 5.21. The molecule has 0 bridgehead atoms. The van der Waals surface area contributed by atoms with E-state index in [2.05, 4.69) is 29.4 Å². The maximum Gasteiger partial charge on any atom is 0.231 e. The van der Waals surface area contributed by atoms with E-state index < -0.39 is 6.04 Å². The number of carbonyl (C=O) groups excluding carboxylic acids is 3. The molecule has 0 aliphatic rings. The minimum absolute atomic E-state index is 0.0337. The van der Waals surface area contributed by atoms with Crippen LogP contribution in [-0.4, -0.2) is 44.2 Å². The molecule has 0 aliphatic carbocycles. The highest BCUT2D eigenvalue weighted by atomic mass is 32.2. The quantitative estimate of drug-likeness (QED) is 0.554. The van der Waals surface area contributed by atoms with Crippen LogP contribution in [-0.2, 0) is 27.3 Å². The van der Waals surface area contributed by atoms with E-state index in [4.69, 9.17) is 5.73 Å². The molecule has 3 N–H and O–H groups in total. The molecule has 9 heteroatoms. The van der Waals surface area contributed by atoms with Crippen molar-refractivity contribution in [3.8, 4) is 0 Å². The number of amides is 2. The SMILES string of the molecule is CC(=O)C(NC(=O)CSc1nnc(CCC(N)=O)n1CC(C)C)C(C)C. The molecule has 1 aromatic rings. The Morgan fingerprint density at radius 3 is 2.35 bits per heavy atom. The lowest BCUT2D eigenvalue weighted by Crippen LogP contribution is -2.44. The van der Waals surface area contributed by atoms with Gasteiger partial charge in [0.25, 0.3) is 0 Å². The zero-order valence-electron chi connectivity index (χ0n) is 16.1. The summed E-state index contributed by atoms with van der Waals surface area (Å²) in [5, 5.41) is 11.7. The van der Waals surface area contributed by atoms with Crippen molar-refractivity contribution in [3.63, 3.8) is 0 Å². The third-order valence-corrected chi connectivity index (χ3v) is 4.66. The maximum atomic E-state index is 12.2. The summed E-state index contributed by atoms with van der Waals surface area (Å²) in [7, 11) is 0. The van der Waals surface area contributed by atoms with Gasteiger partial charge in [0.1, 0.15) is 5.82 Å². The Kier molecular flexibility index (Phi) is 8.77. The first-order valence-corrected chi connectivity index (χ1v) is 9.73. The van der Waals surface area contributed by atoms with E-state index in [9.17, 15) is 14.4 Å². The van der Waals surface area contributed by atoms with E-state index in [0.29, 0.717) is 29.9 Å². The van der Waals surface area contributed by atoms with Crippen molar-refractivity contribution in [1.29, 1.82) is 0 Å². The molecule has 1 aromatic heterocycles. The first-order valence-electron chi connectivity index (χ1n) is 8.74. The van der Waals surface area contributed by atoms with Crippen molar-refractivity contribution in [1.82, 2.24) is 20.1 Å². The van der Waals surface area contributed by atoms with Gasteiger partial charge < -0.3 is 15.6 Å². The van der Waals surface area contributed by atoms with E-state index in [1.807, 2.05) is 18.4 Å². The summed E-state index contributed by atoms with van der Waals surface area (Å²) in [5.74, 6) is 0.547. The number of nitrogens with two attached hydrogens (primary N) is 1. The number of nitrogens with zero attached hydrogens (tertiary/aromatic N) is 3. The number of rotatable bonds is 11. The minimum atomic E-state index is -0.484. The Morgan fingerprint density at radius 1 is 1.19 bits per heavy atom. The number of aryl methyl sites for hydroxylation is 1. The monoisotopic (exact) mass is 383 g/mol. The Labute approximate surface area is 158 Å². The summed E-state index contributed by atoms with van der Waals surface area (Å²) in [6.45, 7) is 10.1. The average Bonchev–Trinajstić information content (AvgIpc) is 2.89. The van der Waals surface area contributed by atoms with Crippen LogP contribution < -0.4 is 11.1 Å². The number of hydrogen-bond donors (Lipinski definition) is 2. The molecular weight excluding hydrogens is 354 g/mol. The fraction of sp³-hybridized carbons (Fsp3) is 0.706. The Morgan fingerprint density at radius 2 is 1.85 bits per heavy atom. The molecule has 1 heterocycles. The van der Waals surface area contributed by atoms with Crippen molar-refractivity contribution in [2.75, 3.05) is 5.75 Å². The van der Waals surface area contributed by atoms with Gasteiger partial charge >= 0.3 is 0 Å². The number of thioether (sulfide) groups is 1. The number of carbonyl (C=O) groups is 3. The van der Waals surface area contributed by atoms with Crippen molar-refractivity contribution in [2.24, 2.45) is 17.6 Å². The van der Waals surface area contributed by atoms with E-state index in [1.165, 1.54) is 18.7 Å². The normalized spacial score (nSPS) is 12.4. The topological polar surface area (TPSA) is 120 Å². The fourth-order valence-electron chi connectivity index (χ4n) is 2.48. The second-order valence-electron chi connectivity index (χ2n) is 7.06. The number of Topliss-reactive ketones (excluding diaryl/α,β-unsaturated/α-hetero) is 1. The highest BCUT2D eigenvalue weighted by Crippen LogP contribution is 2.19. The number of primary amides is 1. The summed E-state index contributed by atoms with van der Waals surface area (Å²) >= 11 is 1.27. The smallest absolute Gasteiger partial charge is 0.231 e. The third-order valence-electron chi connectivity index (χ3n) is 3.69. The summed E-state index contributed by atoms with van der Waals surface area (Å²) in [6, 6.07) is -0.484. The Hall–Kier alpha value is -1.90. The van der Waals surface area contributed by atoms with E-state index >= 15 is 0 Å². The van der Waals surface area contributed by atoms with Crippen LogP contribution in [0.25, 0.3) is 0 Å². The summed E-state index contributed by atoms with van der Waals surface area (Å²) in [6.07, 6.45) is 0.623. The standard InChI is InChI=1S/C17H29N5O3S/c1-10(2)8-22-14(7-6-13(18)24)20-21-17(22)26-9-15(25)19-16(11(3)4)12(5)23/h10-11,16H,6-9H2,1-5H3,(H2,18,24)(H,19,25). The highest BCUT2D eigenvalue weighted by Gasteiger charge is 2.21. The molecule has 1 atom stereocenters. The van der Waals surface area contributed by atoms with Gasteiger partial charge in [0, 0.05) is 19.4 Å². The molecular formula is C17H29N5O3S. The summed E-state index contributed by atoms with van der Waals surface area (Å²) in [4.78, 5) is 34.8. The molecule has 0 saturated carbocycles. The number of nitrogens with one attached hydrogen (secondary N) is 1. The van der Waals surface area contributed by atoms with Crippen LogP contribution >= 0.6 is 11.8 Å². The van der Waals surface area contributed by atoms with E-state index in [-0.39, 0.29) is 35.7 Å². The zero-order valence-corrected chi connectivity index (χ0v) is 16.9. The van der Waals surface area contributed by atoms with Gasteiger partial charge in [0.2, 0.25) is 11.8 Å². The molecule has 1 unspecified atom stereocenters. The van der Waals surface area contributed by atoms with Gasteiger partial charge in [-0.1, -0.05) is 39.5 Å². The first kappa shape index (κ1) is 22.1. The maximum absolute atomic E-state index is 12.2. The van der Waals surface area contributed by atoms with Crippen LogP contribution in [0, 0.1) is 11.8 Å². The van der Waals surface area contributed by atoms with Gasteiger partial charge in [-0.3, -0.25) is 14.4 Å². The van der Waals surface area contributed by atoms with Gasteiger partial charge in [0.15, 0.2) is 10.9 Å². The average molecular weight is 384 g/mol. The second-order valence-corrected chi connectivity index (χ2v) is 8.00. The molecule has 8 nitrogen and oxygen atoms in total. The van der Waals surface area contributed by atoms with Crippen LogP contribution in [0.5, 0.6) is 0 Å².